The summed E-state index contributed by atoms with van der Waals surface area (Å²) >= 11 is 0. The third-order valence-electron chi connectivity index (χ3n) is 3.72. The number of hydrogen-bond donors (Lipinski definition) is 0. The van der Waals surface area contributed by atoms with Gasteiger partial charge in [-0.2, -0.15) is 0 Å². The minimum absolute atomic E-state index is 0.303. The number of rotatable bonds is 5. The Bertz CT molecular complexity index is 848. The van der Waals surface area contributed by atoms with Crippen molar-refractivity contribution in [3.63, 3.8) is 0 Å². The van der Waals surface area contributed by atoms with Crippen molar-refractivity contribution in [2.24, 2.45) is 9.53 Å². The van der Waals surface area contributed by atoms with Crippen LogP contribution in [0, 0.1) is 0 Å². The molecule has 0 aliphatic rings. The summed E-state index contributed by atoms with van der Waals surface area (Å²) in [5, 5.41) is 0. The number of hydrogen-bond acceptors (Lipinski definition) is 7. The zero-order valence-corrected chi connectivity index (χ0v) is 13.8. The summed E-state index contributed by atoms with van der Waals surface area (Å²) in [6.45, 7) is -4.41. The van der Waals surface area contributed by atoms with Crippen LogP contribution in [0.2, 0.25) is 0 Å². The molecule has 3 aromatic rings. The van der Waals surface area contributed by atoms with Gasteiger partial charge >= 0.3 is 143 Å². The van der Waals surface area contributed by atoms with E-state index < -0.39 is 6.90 Å². The van der Waals surface area contributed by atoms with Crippen molar-refractivity contribution in [1.82, 2.24) is 15.0 Å². The van der Waals surface area contributed by atoms with E-state index in [0.29, 0.717) is 16.3 Å². The Morgan fingerprint density at radius 1 is 0.640 bits per heavy atom. The Hall–Kier alpha value is -3.36. The number of carbonyl (C=O) groups excluding carboxylic acids is 2. The first-order valence-corrected chi connectivity index (χ1v) is 9.38. The topological polar surface area (TPSA) is 97.5 Å². The van der Waals surface area contributed by atoms with Gasteiger partial charge in [-0.25, -0.2) is 0 Å². The molecule has 3 rings (SSSR count). The van der Waals surface area contributed by atoms with Gasteiger partial charge in [0.1, 0.15) is 0 Å². The van der Waals surface area contributed by atoms with E-state index in [4.69, 9.17) is 0 Å². The molecule has 0 bridgehead atoms. The SMILES string of the molecule is O=C=NP(N=C=O)(c1ccccn1)(c1ccccn1)c1ccccn1. The van der Waals surface area contributed by atoms with E-state index in [1.807, 2.05) is 0 Å². The van der Waals surface area contributed by atoms with E-state index >= 15 is 0 Å². The molecule has 3 heterocycles. The standard InChI is InChI=1S/C17H12N5O2P/c23-13-21-25(22-14-24,15-7-1-4-10-18-15,16-8-2-5-11-19-16)17-9-3-6-12-20-17/h1-12H. The van der Waals surface area contributed by atoms with Gasteiger partial charge in [0, 0.05) is 0 Å². The van der Waals surface area contributed by atoms with Gasteiger partial charge in [0.15, 0.2) is 0 Å². The van der Waals surface area contributed by atoms with Gasteiger partial charge in [-0.1, -0.05) is 0 Å². The Morgan fingerprint density at radius 3 is 1.24 bits per heavy atom. The summed E-state index contributed by atoms with van der Waals surface area (Å²) in [4.78, 5) is 36.0. The molecule has 0 radical (unpaired) electrons. The molecule has 0 saturated carbocycles. The summed E-state index contributed by atoms with van der Waals surface area (Å²) in [7, 11) is 0. The van der Waals surface area contributed by atoms with Gasteiger partial charge in [-0.05, 0) is 0 Å². The predicted octanol–water partition coefficient (Wildman–Crippen LogP) is 1.20. The molecule has 0 atom stereocenters. The maximum absolute atomic E-state index is 11.5. The van der Waals surface area contributed by atoms with Crippen LogP contribution in [-0.4, -0.2) is 27.1 Å². The summed E-state index contributed by atoms with van der Waals surface area (Å²) in [6.07, 6.45) is 7.73. The van der Waals surface area contributed by atoms with Gasteiger partial charge in [-0.3, -0.25) is 0 Å². The molecule has 0 unspecified atom stereocenters. The van der Waals surface area contributed by atoms with Crippen molar-refractivity contribution in [2.45, 2.75) is 0 Å². The molecule has 3 aromatic heterocycles. The van der Waals surface area contributed by atoms with Crippen molar-refractivity contribution >= 4 is 35.4 Å². The molecule has 0 aliphatic carbocycles. The van der Waals surface area contributed by atoms with Crippen LogP contribution in [0.25, 0.3) is 0 Å². The van der Waals surface area contributed by atoms with Crippen molar-refractivity contribution in [3.8, 4) is 0 Å². The first kappa shape index (κ1) is 16.5. The van der Waals surface area contributed by atoms with E-state index in [1.165, 1.54) is 18.6 Å². The number of pyridine rings is 3. The van der Waals surface area contributed by atoms with Crippen molar-refractivity contribution in [1.29, 1.82) is 0 Å². The molecule has 122 valence electrons. The summed E-state index contributed by atoms with van der Waals surface area (Å²) in [5.41, 5.74) is 0.910. The average Bonchev–Trinajstić information content (AvgIpc) is 2.70. The fraction of sp³-hybridized carbons (Fsp3) is 0. The third kappa shape index (κ3) is 2.40. The molecule has 0 saturated heterocycles. The second-order valence-electron chi connectivity index (χ2n) is 4.97. The van der Waals surface area contributed by atoms with Crippen LogP contribution in [-0.2, 0) is 9.59 Å². The normalized spacial score (nSPS) is 12.1. The predicted molar refractivity (Wildman–Crippen MR) is 94.8 cm³/mol. The van der Waals surface area contributed by atoms with Crippen LogP contribution in [0.1, 0.15) is 0 Å². The molecule has 0 aliphatic heterocycles. The van der Waals surface area contributed by atoms with Gasteiger partial charge in [-0.15, -0.1) is 0 Å². The molecule has 0 spiro atoms. The average molecular weight is 349 g/mol. The zero-order valence-electron chi connectivity index (χ0n) is 12.9. The van der Waals surface area contributed by atoms with Crippen molar-refractivity contribution in [2.75, 3.05) is 0 Å². The van der Waals surface area contributed by atoms with Gasteiger partial charge in [0.05, 0.1) is 0 Å². The van der Waals surface area contributed by atoms with Crippen LogP contribution in [0.15, 0.2) is 82.7 Å². The molecule has 0 aromatic carbocycles. The summed E-state index contributed by atoms with van der Waals surface area (Å²) < 4.78 is 8.19. The van der Waals surface area contributed by atoms with Crippen LogP contribution < -0.4 is 16.3 Å². The fourth-order valence-electron chi connectivity index (χ4n) is 2.65. The summed E-state index contributed by atoms with van der Waals surface area (Å²) in [5.74, 6) is 0. The molecule has 0 fully saturated rings. The van der Waals surface area contributed by atoms with E-state index in [9.17, 15) is 9.59 Å². The molecular formula is C17H12N5O2P. The molecule has 0 N–H and O–H groups in total. The van der Waals surface area contributed by atoms with Gasteiger partial charge in [0.2, 0.25) is 0 Å². The molecule has 25 heavy (non-hydrogen) atoms. The summed E-state index contributed by atoms with van der Waals surface area (Å²) in [6, 6.07) is 15.2. The Labute approximate surface area is 143 Å². The zero-order chi connectivity index (χ0) is 17.6. The maximum atomic E-state index is 11.5. The third-order valence-corrected chi connectivity index (χ3v) is 8.06. The number of isocyanates is 2. The van der Waals surface area contributed by atoms with Crippen LogP contribution >= 0.6 is 6.90 Å². The second kappa shape index (κ2) is 6.63. The van der Waals surface area contributed by atoms with Crippen molar-refractivity contribution in [3.05, 3.63) is 73.2 Å². The molecular weight excluding hydrogens is 337 g/mol. The Morgan fingerprint density at radius 2 is 1.00 bits per heavy atom. The number of nitrogens with zero attached hydrogens (tertiary/aromatic N) is 5. The van der Waals surface area contributed by atoms with Crippen LogP contribution in [0.3, 0.4) is 0 Å². The molecule has 0 amide bonds. The monoisotopic (exact) mass is 349 g/mol. The Balaban J connectivity index is 2.63. The number of aromatic nitrogens is 3. The minimum atomic E-state index is -4.41. The quantitative estimate of drug-likeness (QED) is 0.392. The van der Waals surface area contributed by atoms with E-state index in [-0.39, 0.29) is 0 Å². The van der Waals surface area contributed by atoms with Crippen molar-refractivity contribution < 1.29 is 9.59 Å². The van der Waals surface area contributed by atoms with E-state index in [1.54, 1.807) is 66.8 Å². The fourth-order valence-corrected chi connectivity index (χ4v) is 6.30. The van der Waals surface area contributed by atoms with Crippen LogP contribution in [0.4, 0.5) is 0 Å². The molecule has 8 heteroatoms. The first-order chi connectivity index (χ1) is 12.3. The van der Waals surface area contributed by atoms with Gasteiger partial charge < -0.3 is 0 Å². The Kier molecular flexibility index (Phi) is 4.38. The second-order valence-corrected chi connectivity index (χ2v) is 8.80. The first-order valence-electron chi connectivity index (χ1n) is 7.24. The van der Waals surface area contributed by atoms with Crippen LogP contribution in [0.5, 0.6) is 0 Å². The van der Waals surface area contributed by atoms with E-state index in [2.05, 4.69) is 24.5 Å². The van der Waals surface area contributed by atoms with Gasteiger partial charge in [0.25, 0.3) is 0 Å². The van der Waals surface area contributed by atoms with E-state index in [0.717, 1.165) is 0 Å². The molecule has 7 nitrogen and oxygen atoms in total.